The summed E-state index contributed by atoms with van der Waals surface area (Å²) in [4.78, 5) is 0. The summed E-state index contributed by atoms with van der Waals surface area (Å²) in [6.45, 7) is 7.33. The lowest BCUT2D eigenvalue weighted by molar-refractivity contribution is 0.198. The van der Waals surface area contributed by atoms with E-state index in [1.807, 2.05) is 12.1 Å². The number of benzene rings is 1. The van der Waals surface area contributed by atoms with E-state index in [9.17, 15) is 9.13 Å². The van der Waals surface area contributed by atoms with Gasteiger partial charge in [0.25, 0.3) is 0 Å². The van der Waals surface area contributed by atoms with Gasteiger partial charge in [0.15, 0.2) is 0 Å². The summed E-state index contributed by atoms with van der Waals surface area (Å²) < 4.78 is 49.3. The molecule has 0 spiro atoms. The van der Waals surface area contributed by atoms with Crippen LogP contribution in [0.3, 0.4) is 0 Å². The van der Waals surface area contributed by atoms with Crippen molar-refractivity contribution >= 4 is 43.5 Å². The minimum absolute atomic E-state index is 0.139. The van der Waals surface area contributed by atoms with Crippen molar-refractivity contribution in [3.05, 3.63) is 27.8 Å². The molecule has 7 nitrogen and oxygen atoms in total. The number of halogens is 1. The summed E-state index contributed by atoms with van der Waals surface area (Å²) >= 11 is 2.18. The highest BCUT2D eigenvalue weighted by molar-refractivity contribution is 14.1. The van der Waals surface area contributed by atoms with Crippen molar-refractivity contribution in [1.82, 2.24) is 0 Å². The van der Waals surface area contributed by atoms with Crippen molar-refractivity contribution in [1.29, 1.82) is 0 Å². The number of nitrogens with one attached hydrogen (secondary N) is 1. The lowest BCUT2D eigenvalue weighted by Crippen LogP contribution is -2.25. The third-order valence-corrected chi connectivity index (χ3v) is 9.32. The number of hydrogen-bond donors (Lipinski definition) is 1. The molecule has 0 unspecified atom stereocenters. The van der Waals surface area contributed by atoms with Crippen LogP contribution in [0.5, 0.6) is 0 Å². The van der Waals surface area contributed by atoms with Gasteiger partial charge >= 0.3 is 15.2 Å². The minimum Gasteiger partial charge on any atom is -0.362 e. The number of hydrogen-bond acceptors (Lipinski definition) is 7. The molecule has 0 atom stereocenters. The first-order valence-electron chi connectivity index (χ1n) is 8.14. The Morgan fingerprint density at radius 1 is 0.840 bits per heavy atom. The lowest BCUT2D eigenvalue weighted by atomic mass is 10.3. The monoisotopic (exact) mass is 505 g/mol. The molecule has 0 aliphatic rings. The van der Waals surface area contributed by atoms with Crippen LogP contribution in [0.25, 0.3) is 0 Å². The van der Waals surface area contributed by atoms with Crippen molar-refractivity contribution < 1.29 is 27.2 Å². The van der Waals surface area contributed by atoms with Crippen molar-refractivity contribution in [2.75, 3.05) is 31.7 Å². The van der Waals surface area contributed by atoms with Crippen LogP contribution < -0.4 is 5.32 Å². The summed E-state index contributed by atoms with van der Waals surface area (Å²) in [5.41, 5.74) is -0.649. The Kier molecular flexibility index (Phi) is 10.2. The zero-order chi connectivity index (χ0) is 18.9. The average Bonchev–Trinajstić information content (AvgIpc) is 2.55. The molecule has 0 heterocycles. The molecule has 0 amide bonds. The Morgan fingerprint density at radius 3 is 1.52 bits per heavy atom. The molecule has 144 valence electrons. The van der Waals surface area contributed by atoms with E-state index in [1.54, 1.807) is 39.8 Å². The van der Waals surface area contributed by atoms with Gasteiger partial charge in [0.2, 0.25) is 5.52 Å². The van der Waals surface area contributed by atoms with E-state index in [1.165, 1.54) is 0 Å². The molecule has 0 aliphatic heterocycles. The molecular weight excluding hydrogens is 479 g/mol. The van der Waals surface area contributed by atoms with Crippen molar-refractivity contribution in [2.24, 2.45) is 0 Å². The van der Waals surface area contributed by atoms with Crippen LogP contribution in [-0.2, 0) is 27.2 Å². The molecule has 25 heavy (non-hydrogen) atoms. The fraction of sp³-hybridized carbons (Fsp3) is 0.600. The van der Waals surface area contributed by atoms with Crippen LogP contribution in [0.1, 0.15) is 27.7 Å². The van der Waals surface area contributed by atoms with E-state index in [2.05, 4.69) is 27.9 Å². The SMILES string of the molecule is CCOP(=O)(OCC)C(Nc1ccc(I)cc1)P(=O)(OCC)OCC. The summed E-state index contributed by atoms with van der Waals surface area (Å²) in [7, 11) is -7.63. The van der Waals surface area contributed by atoms with Crippen LogP contribution in [0.4, 0.5) is 5.69 Å². The second-order valence-electron chi connectivity index (χ2n) is 4.78. The van der Waals surface area contributed by atoms with Crippen molar-refractivity contribution in [3.63, 3.8) is 0 Å². The molecule has 1 aromatic carbocycles. The maximum absolute atomic E-state index is 13.3. The zero-order valence-electron chi connectivity index (χ0n) is 14.9. The molecule has 0 fully saturated rings. The van der Waals surface area contributed by atoms with Crippen LogP contribution in [0, 0.1) is 3.57 Å². The van der Waals surface area contributed by atoms with Gasteiger partial charge in [0.1, 0.15) is 0 Å². The smallest absolute Gasteiger partial charge is 0.362 e. The molecule has 1 aromatic rings. The van der Waals surface area contributed by atoms with Gasteiger partial charge in [0, 0.05) is 9.26 Å². The van der Waals surface area contributed by atoms with Gasteiger partial charge in [0.05, 0.1) is 26.4 Å². The van der Waals surface area contributed by atoms with Crippen LogP contribution in [0.15, 0.2) is 24.3 Å². The Bertz CT molecular complexity index is 563. The summed E-state index contributed by atoms with van der Waals surface area (Å²) in [5.74, 6) is 0. The average molecular weight is 505 g/mol. The predicted molar refractivity (Wildman–Crippen MR) is 108 cm³/mol. The Morgan fingerprint density at radius 2 is 1.20 bits per heavy atom. The highest BCUT2D eigenvalue weighted by Crippen LogP contribution is 2.70. The fourth-order valence-corrected chi connectivity index (χ4v) is 7.42. The molecule has 0 radical (unpaired) electrons. The van der Waals surface area contributed by atoms with Gasteiger partial charge in [-0.3, -0.25) is 9.13 Å². The summed E-state index contributed by atoms with van der Waals surface area (Å²) in [6.07, 6.45) is 0. The second-order valence-corrected chi connectivity index (χ2v) is 10.7. The molecule has 0 aliphatic carbocycles. The molecule has 0 saturated carbocycles. The highest BCUT2D eigenvalue weighted by Gasteiger charge is 2.51. The first kappa shape index (κ1) is 23.1. The van der Waals surface area contributed by atoms with Gasteiger partial charge in [-0.2, -0.15) is 0 Å². The molecule has 1 rings (SSSR count). The lowest BCUT2D eigenvalue weighted by Gasteiger charge is -2.32. The number of anilines is 1. The second kappa shape index (κ2) is 11.0. The molecule has 1 N–H and O–H groups in total. The fourth-order valence-electron chi connectivity index (χ4n) is 2.10. The first-order valence-corrected chi connectivity index (χ1v) is 12.4. The Labute approximate surface area is 163 Å². The van der Waals surface area contributed by atoms with Gasteiger partial charge < -0.3 is 23.4 Å². The van der Waals surface area contributed by atoms with Gasteiger partial charge in [-0.25, -0.2) is 0 Å². The first-order chi connectivity index (χ1) is 11.8. The quantitative estimate of drug-likeness (QED) is 0.296. The Balaban J connectivity index is 3.34. The third kappa shape index (κ3) is 6.61. The minimum atomic E-state index is -3.81. The van der Waals surface area contributed by atoms with Gasteiger partial charge in [-0.05, 0) is 74.6 Å². The van der Waals surface area contributed by atoms with E-state index in [0.717, 1.165) is 3.57 Å². The molecule has 0 aromatic heterocycles. The van der Waals surface area contributed by atoms with E-state index < -0.39 is 20.7 Å². The van der Waals surface area contributed by atoms with Crippen molar-refractivity contribution in [3.8, 4) is 0 Å². The Hall–Kier alpha value is 0.0500. The standard InChI is InChI=1S/C15H26INO6P2/c1-5-20-24(18,21-6-2)15(25(19,22-7-3)23-8-4)17-14-11-9-13(16)10-12-14/h9-12,15,17H,5-8H2,1-4H3. The number of rotatable bonds is 12. The van der Waals surface area contributed by atoms with E-state index in [-0.39, 0.29) is 26.4 Å². The topological polar surface area (TPSA) is 83.1 Å². The molecular formula is C15H26INO6P2. The summed E-state index contributed by atoms with van der Waals surface area (Å²) in [6, 6.07) is 7.33. The van der Waals surface area contributed by atoms with Gasteiger partial charge in [-0.1, -0.05) is 0 Å². The molecule has 10 heteroatoms. The van der Waals surface area contributed by atoms with Crippen LogP contribution in [0.2, 0.25) is 0 Å². The van der Waals surface area contributed by atoms with Crippen LogP contribution in [-0.4, -0.2) is 32.0 Å². The zero-order valence-corrected chi connectivity index (χ0v) is 18.9. The highest BCUT2D eigenvalue weighted by atomic mass is 127. The van der Waals surface area contributed by atoms with Crippen LogP contribution >= 0.6 is 37.8 Å². The molecule has 0 bridgehead atoms. The van der Waals surface area contributed by atoms with Crippen molar-refractivity contribution in [2.45, 2.75) is 33.2 Å². The van der Waals surface area contributed by atoms with E-state index in [0.29, 0.717) is 5.69 Å². The molecule has 0 saturated heterocycles. The normalized spacial score (nSPS) is 12.6. The van der Waals surface area contributed by atoms with Gasteiger partial charge in [-0.15, -0.1) is 0 Å². The largest absolute Gasteiger partial charge is 0.365 e. The maximum atomic E-state index is 13.3. The third-order valence-electron chi connectivity index (χ3n) is 2.98. The summed E-state index contributed by atoms with van der Waals surface area (Å²) in [5, 5.41) is 3.00. The van der Waals surface area contributed by atoms with E-state index >= 15 is 0 Å². The van der Waals surface area contributed by atoms with E-state index in [4.69, 9.17) is 18.1 Å². The predicted octanol–water partition coefficient (Wildman–Crippen LogP) is 5.52. The maximum Gasteiger partial charge on any atom is 0.365 e.